The number of anilines is 1. The molecule has 0 aliphatic carbocycles. The molecule has 1 aromatic heterocycles. The number of piperidine rings is 1. The Hall–Kier alpha value is -1.36. The van der Waals surface area contributed by atoms with E-state index in [-0.39, 0.29) is 6.10 Å². The highest BCUT2D eigenvalue weighted by molar-refractivity contribution is 5.51. The highest BCUT2D eigenvalue weighted by Gasteiger charge is 2.28. The largest absolute Gasteiger partial charge is 0.481 e. The van der Waals surface area contributed by atoms with Crippen molar-refractivity contribution in [3.63, 3.8) is 0 Å². The number of hydrogen-bond acceptors (Lipinski definition) is 5. The van der Waals surface area contributed by atoms with E-state index >= 15 is 0 Å². The topological polar surface area (TPSA) is 47.5 Å². The predicted octanol–water partition coefficient (Wildman–Crippen LogP) is 1.96. The summed E-state index contributed by atoms with van der Waals surface area (Å²) in [6, 6.07) is 0. The maximum atomic E-state index is 5.57. The molecule has 1 saturated heterocycles. The second-order valence-corrected chi connectivity index (χ2v) is 5.21. The van der Waals surface area contributed by atoms with Gasteiger partial charge < -0.3 is 14.4 Å². The number of aryl methyl sites for hydroxylation is 1. The van der Waals surface area contributed by atoms with E-state index in [9.17, 15) is 0 Å². The van der Waals surface area contributed by atoms with Crippen molar-refractivity contribution in [2.24, 2.45) is 5.92 Å². The van der Waals surface area contributed by atoms with Crippen LogP contribution in [0.3, 0.4) is 0 Å². The van der Waals surface area contributed by atoms with Crippen LogP contribution in [-0.2, 0) is 4.74 Å². The Morgan fingerprint density at radius 1 is 1.21 bits per heavy atom. The molecule has 1 aliphatic rings. The summed E-state index contributed by atoms with van der Waals surface area (Å²) in [5, 5.41) is 0. The third-order valence-corrected chi connectivity index (χ3v) is 3.87. The molecule has 0 bridgehead atoms. The first-order chi connectivity index (χ1) is 9.06. The van der Waals surface area contributed by atoms with Crippen molar-refractivity contribution in [2.75, 3.05) is 32.2 Å². The molecule has 0 radical (unpaired) electrons. The fourth-order valence-electron chi connectivity index (χ4n) is 2.63. The molecule has 1 aliphatic heterocycles. The van der Waals surface area contributed by atoms with Crippen LogP contribution in [0, 0.1) is 19.8 Å². The van der Waals surface area contributed by atoms with Crippen molar-refractivity contribution < 1.29 is 9.47 Å². The zero-order valence-electron chi connectivity index (χ0n) is 12.4. The molecule has 0 N–H and O–H groups in total. The molecule has 0 spiro atoms. The third kappa shape index (κ3) is 2.81. The van der Waals surface area contributed by atoms with Gasteiger partial charge in [-0.2, -0.15) is 4.98 Å². The van der Waals surface area contributed by atoms with Gasteiger partial charge >= 0.3 is 0 Å². The highest BCUT2D eigenvalue weighted by Crippen LogP contribution is 2.29. The summed E-state index contributed by atoms with van der Waals surface area (Å²) in [5.74, 6) is 2.96. The van der Waals surface area contributed by atoms with Crippen molar-refractivity contribution in [3.05, 3.63) is 11.4 Å². The Morgan fingerprint density at radius 3 is 2.58 bits per heavy atom. The fourth-order valence-corrected chi connectivity index (χ4v) is 2.63. The fraction of sp³-hybridized carbons (Fsp3) is 0.714. The van der Waals surface area contributed by atoms with Crippen LogP contribution in [0.15, 0.2) is 0 Å². The van der Waals surface area contributed by atoms with Crippen LogP contribution in [0.2, 0.25) is 0 Å². The lowest BCUT2D eigenvalue weighted by atomic mass is 9.95. The van der Waals surface area contributed by atoms with E-state index in [2.05, 4.69) is 21.8 Å². The number of methoxy groups -OCH3 is 2. The van der Waals surface area contributed by atoms with Crippen LogP contribution >= 0.6 is 0 Å². The summed E-state index contributed by atoms with van der Waals surface area (Å²) in [6.45, 7) is 8.02. The van der Waals surface area contributed by atoms with Crippen molar-refractivity contribution in [3.8, 4) is 5.88 Å². The van der Waals surface area contributed by atoms with Crippen molar-refractivity contribution >= 4 is 5.82 Å². The van der Waals surface area contributed by atoms with E-state index in [1.165, 1.54) is 0 Å². The van der Waals surface area contributed by atoms with E-state index in [1.54, 1.807) is 14.2 Å². The lowest BCUT2D eigenvalue weighted by molar-refractivity contribution is 0.0496. The summed E-state index contributed by atoms with van der Waals surface area (Å²) in [5.41, 5.74) is 0.998. The molecule has 2 atom stereocenters. The molecule has 0 aromatic carbocycles. The molecule has 19 heavy (non-hydrogen) atoms. The predicted molar refractivity (Wildman–Crippen MR) is 74.8 cm³/mol. The molecule has 1 fully saturated rings. The molecule has 0 amide bonds. The maximum absolute atomic E-state index is 5.57. The normalized spacial score (nSPS) is 23.5. The molecule has 106 valence electrons. The Morgan fingerprint density at radius 2 is 1.95 bits per heavy atom. The number of ether oxygens (including phenoxy) is 2. The number of hydrogen-bond donors (Lipinski definition) is 0. The van der Waals surface area contributed by atoms with Gasteiger partial charge in [0, 0.05) is 20.2 Å². The Labute approximate surface area is 115 Å². The zero-order valence-corrected chi connectivity index (χ0v) is 12.4. The molecule has 0 saturated carbocycles. The van der Waals surface area contributed by atoms with Gasteiger partial charge in [-0.25, -0.2) is 4.98 Å². The average molecular weight is 265 g/mol. The van der Waals surface area contributed by atoms with E-state index in [0.717, 1.165) is 36.7 Å². The summed E-state index contributed by atoms with van der Waals surface area (Å²) in [4.78, 5) is 11.2. The molecule has 2 rings (SSSR count). The van der Waals surface area contributed by atoms with Gasteiger partial charge in [0.05, 0.1) is 18.8 Å². The highest BCUT2D eigenvalue weighted by atomic mass is 16.5. The summed E-state index contributed by atoms with van der Waals surface area (Å²) < 4.78 is 10.9. The number of nitrogens with zero attached hydrogens (tertiary/aromatic N) is 3. The first-order valence-electron chi connectivity index (χ1n) is 6.73. The minimum atomic E-state index is 0.259. The molecule has 2 unspecified atom stereocenters. The van der Waals surface area contributed by atoms with Gasteiger partial charge in [-0.05, 0) is 26.2 Å². The van der Waals surface area contributed by atoms with Crippen LogP contribution in [0.25, 0.3) is 0 Å². The van der Waals surface area contributed by atoms with Crippen molar-refractivity contribution in [2.45, 2.75) is 33.3 Å². The summed E-state index contributed by atoms with van der Waals surface area (Å²) in [6.07, 6.45) is 1.37. The summed E-state index contributed by atoms with van der Waals surface area (Å²) >= 11 is 0. The van der Waals surface area contributed by atoms with Crippen LogP contribution in [0.5, 0.6) is 5.88 Å². The molecule has 1 aromatic rings. The first kappa shape index (κ1) is 14.1. The average Bonchev–Trinajstić information content (AvgIpc) is 2.41. The standard InChI is InChI=1S/C14H23N3O2/c1-9-6-7-17(8-12(9)18-4)13-10(2)14(19-5)16-11(3)15-13/h9,12H,6-8H2,1-5H3. The van der Waals surface area contributed by atoms with E-state index in [0.29, 0.717) is 11.8 Å². The Kier molecular flexibility index (Phi) is 4.24. The first-order valence-corrected chi connectivity index (χ1v) is 6.73. The lowest BCUT2D eigenvalue weighted by Gasteiger charge is -2.37. The minimum Gasteiger partial charge on any atom is -0.481 e. The van der Waals surface area contributed by atoms with Gasteiger partial charge in [-0.3, -0.25) is 0 Å². The number of aromatic nitrogens is 2. The molecular weight excluding hydrogens is 242 g/mol. The van der Waals surface area contributed by atoms with Crippen LogP contribution in [0.1, 0.15) is 24.7 Å². The van der Waals surface area contributed by atoms with Gasteiger partial charge in [0.25, 0.3) is 0 Å². The monoisotopic (exact) mass is 265 g/mol. The van der Waals surface area contributed by atoms with Crippen LogP contribution < -0.4 is 9.64 Å². The zero-order chi connectivity index (χ0) is 14.0. The quantitative estimate of drug-likeness (QED) is 0.836. The molecule has 5 heteroatoms. The van der Waals surface area contributed by atoms with E-state index in [4.69, 9.17) is 9.47 Å². The molecule has 5 nitrogen and oxygen atoms in total. The Bertz CT molecular complexity index is 451. The smallest absolute Gasteiger partial charge is 0.221 e. The second-order valence-electron chi connectivity index (χ2n) is 5.21. The lowest BCUT2D eigenvalue weighted by Crippen LogP contribution is -2.44. The van der Waals surface area contributed by atoms with Gasteiger partial charge in [0.1, 0.15) is 11.6 Å². The van der Waals surface area contributed by atoms with E-state index in [1.807, 2.05) is 13.8 Å². The van der Waals surface area contributed by atoms with Crippen molar-refractivity contribution in [1.82, 2.24) is 9.97 Å². The van der Waals surface area contributed by atoms with Crippen molar-refractivity contribution in [1.29, 1.82) is 0 Å². The maximum Gasteiger partial charge on any atom is 0.221 e. The van der Waals surface area contributed by atoms with Crippen LogP contribution in [0.4, 0.5) is 5.82 Å². The van der Waals surface area contributed by atoms with E-state index < -0.39 is 0 Å². The van der Waals surface area contributed by atoms with Gasteiger partial charge in [-0.1, -0.05) is 6.92 Å². The second kappa shape index (κ2) is 5.74. The summed E-state index contributed by atoms with van der Waals surface area (Å²) in [7, 11) is 3.43. The number of rotatable bonds is 3. The van der Waals surface area contributed by atoms with Gasteiger partial charge in [-0.15, -0.1) is 0 Å². The van der Waals surface area contributed by atoms with Crippen LogP contribution in [-0.4, -0.2) is 43.4 Å². The SMILES string of the molecule is COc1nc(C)nc(N2CCC(C)C(OC)C2)c1C. The van der Waals surface area contributed by atoms with Gasteiger partial charge in [0.15, 0.2) is 0 Å². The van der Waals surface area contributed by atoms with Gasteiger partial charge in [0.2, 0.25) is 5.88 Å². The molecule has 2 heterocycles. The Balaban J connectivity index is 2.29. The molecular formula is C14H23N3O2. The third-order valence-electron chi connectivity index (χ3n) is 3.87. The minimum absolute atomic E-state index is 0.259.